The molecule has 24 heavy (non-hydrogen) atoms. The Morgan fingerprint density at radius 1 is 1.38 bits per heavy atom. The van der Waals surface area contributed by atoms with E-state index in [2.05, 4.69) is 5.32 Å². The van der Waals surface area contributed by atoms with Crippen LogP contribution < -0.4 is 5.32 Å². The van der Waals surface area contributed by atoms with E-state index in [-0.39, 0.29) is 31.4 Å². The molecule has 0 saturated heterocycles. The Balaban J connectivity index is 1.97. The fourth-order valence-corrected chi connectivity index (χ4v) is 3.22. The molecular weight excluding hydrogens is 334 g/mol. The zero-order valence-corrected chi connectivity index (χ0v) is 13.7. The number of carboxylic acid groups (broad SMARTS) is 1. The first kappa shape index (κ1) is 16.3. The quantitative estimate of drug-likeness (QED) is 0.864. The van der Waals surface area contributed by atoms with Crippen LogP contribution in [0.2, 0.25) is 5.02 Å². The lowest BCUT2D eigenvalue weighted by Gasteiger charge is -2.31. The molecule has 2 N–H and O–H groups in total. The maximum Gasteiger partial charge on any atom is 0.322 e. The normalized spacial score (nSPS) is 20.3. The van der Waals surface area contributed by atoms with E-state index in [9.17, 15) is 14.4 Å². The number of carbonyl (C=O) groups excluding carboxylic acids is 2. The van der Waals surface area contributed by atoms with Gasteiger partial charge in [-0.2, -0.15) is 0 Å². The van der Waals surface area contributed by atoms with E-state index in [0.29, 0.717) is 21.9 Å². The monoisotopic (exact) mass is 349 g/mol. The SMILES string of the molecule is CN1C(=O)NC(c2ccccc2Cl)C2=C1CN(CCC(=O)O)C2=O. The molecule has 2 heterocycles. The Hall–Kier alpha value is -2.54. The number of urea groups is 1. The fourth-order valence-electron chi connectivity index (χ4n) is 2.98. The van der Waals surface area contributed by atoms with Crippen LogP contribution in [-0.2, 0) is 9.59 Å². The molecule has 0 saturated carbocycles. The summed E-state index contributed by atoms with van der Waals surface area (Å²) in [7, 11) is 1.58. The third-order valence-corrected chi connectivity index (χ3v) is 4.59. The van der Waals surface area contributed by atoms with Crippen molar-refractivity contribution in [2.75, 3.05) is 20.1 Å². The molecule has 1 aromatic carbocycles. The second-order valence-corrected chi connectivity index (χ2v) is 6.10. The van der Waals surface area contributed by atoms with Gasteiger partial charge in [0.2, 0.25) is 0 Å². The van der Waals surface area contributed by atoms with Crippen molar-refractivity contribution in [1.29, 1.82) is 0 Å². The van der Waals surface area contributed by atoms with Crippen LogP contribution in [0, 0.1) is 0 Å². The number of likely N-dealkylation sites (N-methyl/N-ethyl adjacent to an activating group) is 1. The molecule has 0 aromatic heterocycles. The molecular formula is C16H16ClN3O4. The van der Waals surface area contributed by atoms with E-state index in [1.165, 1.54) is 9.80 Å². The van der Waals surface area contributed by atoms with E-state index in [1.54, 1.807) is 31.3 Å². The summed E-state index contributed by atoms with van der Waals surface area (Å²) in [6.45, 7) is 0.310. The predicted molar refractivity (Wildman–Crippen MR) is 86.3 cm³/mol. The van der Waals surface area contributed by atoms with Crippen LogP contribution in [0.15, 0.2) is 35.5 Å². The summed E-state index contributed by atoms with van der Waals surface area (Å²) in [4.78, 5) is 38.6. The van der Waals surface area contributed by atoms with Gasteiger partial charge in [0, 0.05) is 18.6 Å². The Morgan fingerprint density at radius 2 is 2.08 bits per heavy atom. The van der Waals surface area contributed by atoms with Crippen molar-refractivity contribution < 1.29 is 19.5 Å². The number of hydrogen-bond donors (Lipinski definition) is 2. The zero-order chi connectivity index (χ0) is 17.4. The Morgan fingerprint density at radius 3 is 2.75 bits per heavy atom. The van der Waals surface area contributed by atoms with E-state index in [4.69, 9.17) is 16.7 Å². The molecule has 0 fully saturated rings. The number of nitrogens with zero attached hydrogens (tertiary/aromatic N) is 2. The molecule has 7 nitrogen and oxygen atoms in total. The first-order valence-corrected chi connectivity index (χ1v) is 7.80. The predicted octanol–water partition coefficient (Wildman–Crippen LogP) is 1.61. The van der Waals surface area contributed by atoms with Crippen molar-refractivity contribution in [2.24, 2.45) is 0 Å². The summed E-state index contributed by atoms with van der Waals surface area (Å²) in [5, 5.41) is 12.1. The molecule has 3 amide bonds. The van der Waals surface area contributed by atoms with Gasteiger partial charge in [0.05, 0.1) is 30.3 Å². The minimum absolute atomic E-state index is 0.0957. The number of benzene rings is 1. The largest absolute Gasteiger partial charge is 0.481 e. The molecule has 2 aliphatic rings. The lowest BCUT2D eigenvalue weighted by Crippen LogP contribution is -2.45. The van der Waals surface area contributed by atoms with Crippen molar-refractivity contribution in [2.45, 2.75) is 12.5 Å². The summed E-state index contributed by atoms with van der Waals surface area (Å²) >= 11 is 6.23. The Kier molecular flexibility index (Phi) is 4.19. The van der Waals surface area contributed by atoms with Crippen molar-refractivity contribution >= 4 is 29.5 Å². The second-order valence-electron chi connectivity index (χ2n) is 5.69. The van der Waals surface area contributed by atoms with Gasteiger partial charge in [-0.15, -0.1) is 0 Å². The molecule has 0 aliphatic carbocycles. The van der Waals surface area contributed by atoms with Crippen LogP contribution >= 0.6 is 11.6 Å². The Labute approximate surface area is 143 Å². The molecule has 3 rings (SSSR count). The number of carbonyl (C=O) groups is 3. The summed E-state index contributed by atoms with van der Waals surface area (Å²) in [6, 6.07) is 6.05. The topological polar surface area (TPSA) is 90.0 Å². The smallest absolute Gasteiger partial charge is 0.322 e. The average Bonchev–Trinajstić information content (AvgIpc) is 2.87. The van der Waals surface area contributed by atoms with Gasteiger partial charge in [0.15, 0.2) is 0 Å². The van der Waals surface area contributed by atoms with Crippen LogP contribution in [-0.4, -0.2) is 53.0 Å². The van der Waals surface area contributed by atoms with E-state index < -0.39 is 12.0 Å². The van der Waals surface area contributed by atoms with E-state index in [1.807, 2.05) is 0 Å². The molecule has 0 bridgehead atoms. The third kappa shape index (κ3) is 2.71. The highest BCUT2D eigenvalue weighted by molar-refractivity contribution is 6.31. The van der Waals surface area contributed by atoms with Crippen LogP contribution in [0.3, 0.4) is 0 Å². The first-order valence-electron chi connectivity index (χ1n) is 7.43. The van der Waals surface area contributed by atoms with Crippen molar-refractivity contribution in [3.8, 4) is 0 Å². The molecule has 1 aromatic rings. The van der Waals surface area contributed by atoms with Crippen molar-refractivity contribution in [3.05, 3.63) is 46.1 Å². The number of rotatable bonds is 4. The molecule has 8 heteroatoms. The van der Waals surface area contributed by atoms with E-state index in [0.717, 1.165) is 0 Å². The van der Waals surface area contributed by atoms with Crippen LogP contribution in [0.5, 0.6) is 0 Å². The van der Waals surface area contributed by atoms with Crippen LogP contribution in [0.25, 0.3) is 0 Å². The lowest BCUT2D eigenvalue weighted by atomic mass is 9.96. The minimum atomic E-state index is -0.974. The number of amides is 3. The van der Waals surface area contributed by atoms with Crippen molar-refractivity contribution in [3.63, 3.8) is 0 Å². The van der Waals surface area contributed by atoms with Gasteiger partial charge in [-0.25, -0.2) is 4.79 Å². The van der Waals surface area contributed by atoms with Crippen molar-refractivity contribution in [1.82, 2.24) is 15.1 Å². The minimum Gasteiger partial charge on any atom is -0.481 e. The number of hydrogen-bond acceptors (Lipinski definition) is 3. The number of carboxylic acids is 1. The maximum absolute atomic E-state index is 12.8. The maximum atomic E-state index is 12.8. The van der Waals surface area contributed by atoms with Gasteiger partial charge >= 0.3 is 12.0 Å². The molecule has 1 atom stereocenters. The van der Waals surface area contributed by atoms with Gasteiger partial charge in [-0.1, -0.05) is 29.8 Å². The highest BCUT2D eigenvalue weighted by Crippen LogP contribution is 2.37. The average molecular weight is 350 g/mol. The standard InChI is InChI=1S/C16H16ClN3O4/c1-19-11-8-20(7-6-12(21)22)15(23)13(11)14(18-16(19)24)9-4-2-3-5-10(9)17/h2-5,14H,6-8H2,1H3,(H,18,24)(H,21,22). The number of nitrogens with one attached hydrogen (secondary N) is 1. The summed E-state index contributed by atoms with van der Waals surface area (Å²) in [6.07, 6.45) is -0.145. The summed E-state index contributed by atoms with van der Waals surface area (Å²) < 4.78 is 0. The molecule has 0 radical (unpaired) electrons. The molecule has 126 valence electrons. The molecule has 0 spiro atoms. The van der Waals surface area contributed by atoms with Gasteiger partial charge in [-0.3, -0.25) is 14.5 Å². The molecule has 1 unspecified atom stereocenters. The fraction of sp³-hybridized carbons (Fsp3) is 0.312. The van der Waals surface area contributed by atoms with Gasteiger partial charge in [-0.05, 0) is 11.6 Å². The summed E-state index contributed by atoms with van der Waals surface area (Å²) in [5.41, 5.74) is 1.66. The number of halogens is 1. The second kappa shape index (κ2) is 6.16. The number of aliphatic carboxylic acids is 1. The van der Waals surface area contributed by atoms with Gasteiger partial charge < -0.3 is 15.3 Å². The van der Waals surface area contributed by atoms with Gasteiger partial charge in [0.25, 0.3) is 5.91 Å². The molecule has 2 aliphatic heterocycles. The third-order valence-electron chi connectivity index (χ3n) is 4.25. The Bertz CT molecular complexity index is 761. The highest BCUT2D eigenvalue weighted by Gasteiger charge is 2.43. The van der Waals surface area contributed by atoms with E-state index >= 15 is 0 Å². The first-order chi connectivity index (χ1) is 11.4. The highest BCUT2D eigenvalue weighted by atomic mass is 35.5. The zero-order valence-electron chi connectivity index (χ0n) is 13.0. The van der Waals surface area contributed by atoms with Gasteiger partial charge in [0.1, 0.15) is 0 Å². The summed E-state index contributed by atoms with van der Waals surface area (Å²) in [5.74, 6) is -1.25. The lowest BCUT2D eigenvalue weighted by molar-refractivity contribution is -0.137. The van der Waals surface area contributed by atoms with Crippen LogP contribution in [0.4, 0.5) is 4.79 Å². The van der Waals surface area contributed by atoms with Crippen LogP contribution in [0.1, 0.15) is 18.0 Å².